The first-order chi connectivity index (χ1) is 11.6. The summed E-state index contributed by atoms with van der Waals surface area (Å²) < 4.78 is 0. The van der Waals surface area contributed by atoms with Crippen molar-refractivity contribution in [1.82, 2.24) is 0 Å². The number of carbonyl (C=O) groups is 2. The van der Waals surface area contributed by atoms with Crippen molar-refractivity contribution in [3.63, 3.8) is 0 Å². The van der Waals surface area contributed by atoms with Gasteiger partial charge in [-0.1, -0.05) is 48.6 Å². The van der Waals surface area contributed by atoms with Crippen LogP contribution in [-0.2, 0) is 0 Å². The summed E-state index contributed by atoms with van der Waals surface area (Å²) in [7, 11) is 0. The van der Waals surface area contributed by atoms with Crippen LogP contribution < -0.4 is 4.90 Å². The lowest BCUT2D eigenvalue weighted by Gasteiger charge is -2.25. The van der Waals surface area contributed by atoms with E-state index in [0.29, 0.717) is 24.3 Å². The molecule has 2 rings (SSSR count). The molecule has 24 heavy (non-hydrogen) atoms. The minimum Gasteiger partial charge on any atom is -0.478 e. The third-order valence-corrected chi connectivity index (χ3v) is 3.58. The van der Waals surface area contributed by atoms with E-state index in [4.69, 9.17) is 0 Å². The zero-order valence-electron chi connectivity index (χ0n) is 13.3. The number of ketones is 1. The Balaban J connectivity index is 2.65. The van der Waals surface area contributed by atoms with E-state index in [2.05, 4.69) is 13.2 Å². The molecule has 0 radical (unpaired) electrons. The summed E-state index contributed by atoms with van der Waals surface area (Å²) in [4.78, 5) is 26.5. The number of rotatable bonds is 8. The van der Waals surface area contributed by atoms with Gasteiger partial charge < -0.3 is 10.0 Å². The van der Waals surface area contributed by atoms with Gasteiger partial charge in [-0.05, 0) is 12.1 Å². The number of benzene rings is 2. The Morgan fingerprint density at radius 3 is 2.12 bits per heavy atom. The van der Waals surface area contributed by atoms with Crippen molar-refractivity contribution < 1.29 is 14.7 Å². The average Bonchev–Trinajstić information content (AvgIpc) is 2.61. The van der Waals surface area contributed by atoms with E-state index < -0.39 is 5.97 Å². The molecule has 0 heterocycles. The average molecular weight is 321 g/mol. The van der Waals surface area contributed by atoms with E-state index in [1.54, 1.807) is 48.6 Å². The van der Waals surface area contributed by atoms with Gasteiger partial charge in [0.2, 0.25) is 0 Å². The molecular formula is C20H19NO3. The van der Waals surface area contributed by atoms with Crippen LogP contribution in [-0.4, -0.2) is 29.9 Å². The second-order valence-corrected chi connectivity index (χ2v) is 5.18. The fraction of sp³-hybridized carbons (Fsp3) is 0.100. The van der Waals surface area contributed by atoms with Crippen molar-refractivity contribution in [3.05, 3.63) is 90.5 Å². The highest BCUT2D eigenvalue weighted by atomic mass is 16.4. The standard InChI is InChI=1S/C20H19NO3/c1-3-13-21(14-4-2)17-12-8-11-16(20(23)24)18(17)19(22)15-9-6-5-7-10-15/h3-12H,1-2,13-14H2,(H,23,24). The van der Waals surface area contributed by atoms with E-state index >= 15 is 0 Å². The fourth-order valence-corrected chi connectivity index (χ4v) is 2.54. The van der Waals surface area contributed by atoms with E-state index in [1.807, 2.05) is 11.0 Å². The lowest BCUT2D eigenvalue weighted by molar-refractivity contribution is 0.0693. The van der Waals surface area contributed by atoms with E-state index in [-0.39, 0.29) is 16.9 Å². The topological polar surface area (TPSA) is 57.6 Å². The van der Waals surface area contributed by atoms with Crippen molar-refractivity contribution in [2.75, 3.05) is 18.0 Å². The maximum atomic E-state index is 13.0. The van der Waals surface area contributed by atoms with Gasteiger partial charge in [0.1, 0.15) is 0 Å². The lowest BCUT2D eigenvalue weighted by Crippen LogP contribution is -2.26. The Hall–Kier alpha value is -3.14. The molecule has 0 aromatic heterocycles. The van der Waals surface area contributed by atoms with Gasteiger partial charge in [-0.2, -0.15) is 0 Å². The number of hydrogen-bond acceptors (Lipinski definition) is 3. The number of nitrogens with zero attached hydrogens (tertiary/aromatic N) is 1. The fourth-order valence-electron chi connectivity index (χ4n) is 2.54. The first kappa shape index (κ1) is 17.2. The third kappa shape index (κ3) is 3.60. The molecule has 0 atom stereocenters. The molecule has 0 aliphatic carbocycles. The molecule has 2 aromatic carbocycles. The van der Waals surface area contributed by atoms with Crippen LogP contribution in [0.15, 0.2) is 73.8 Å². The lowest BCUT2D eigenvalue weighted by atomic mass is 9.95. The number of carboxylic acids is 1. The van der Waals surface area contributed by atoms with Gasteiger partial charge in [0, 0.05) is 24.3 Å². The predicted molar refractivity (Wildman–Crippen MR) is 95.9 cm³/mol. The number of aromatic carboxylic acids is 1. The summed E-state index contributed by atoms with van der Waals surface area (Å²) >= 11 is 0. The van der Waals surface area contributed by atoms with Crippen molar-refractivity contribution in [2.45, 2.75) is 0 Å². The number of carboxylic acid groups (broad SMARTS) is 1. The molecule has 0 aliphatic heterocycles. The van der Waals surface area contributed by atoms with Crippen molar-refractivity contribution >= 4 is 17.4 Å². The van der Waals surface area contributed by atoms with Gasteiger partial charge in [0.05, 0.1) is 11.1 Å². The van der Waals surface area contributed by atoms with Gasteiger partial charge >= 0.3 is 5.97 Å². The molecule has 1 N–H and O–H groups in total. The summed E-state index contributed by atoms with van der Waals surface area (Å²) in [6.45, 7) is 8.40. The monoisotopic (exact) mass is 321 g/mol. The number of hydrogen-bond donors (Lipinski definition) is 1. The Morgan fingerprint density at radius 1 is 0.958 bits per heavy atom. The molecule has 0 amide bonds. The molecule has 0 aliphatic rings. The van der Waals surface area contributed by atoms with Crippen molar-refractivity contribution in [3.8, 4) is 0 Å². The van der Waals surface area contributed by atoms with E-state index in [9.17, 15) is 14.7 Å². The second-order valence-electron chi connectivity index (χ2n) is 5.18. The van der Waals surface area contributed by atoms with E-state index in [0.717, 1.165) is 0 Å². The maximum absolute atomic E-state index is 13.0. The maximum Gasteiger partial charge on any atom is 0.336 e. The Kier molecular flexibility index (Phi) is 5.68. The molecule has 0 saturated carbocycles. The van der Waals surface area contributed by atoms with Crippen molar-refractivity contribution in [2.24, 2.45) is 0 Å². The Morgan fingerprint density at radius 2 is 1.58 bits per heavy atom. The van der Waals surface area contributed by atoms with Gasteiger partial charge in [-0.25, -0.2) is 4.79 Å². The molecule has 0 unspecified atom stereocenters. The number of carbonyl (C=O) groups excluding carboxylic acids is 1. The van der Waals surface area contributed by atoms with Crippen LogP contribution in [0.5, 0.6) is 0 Å². The molecule has 122 valence electrons. The van der Waals surface area contributed by atoms with Crippen LogP contribution in [0, 0.1) is 0 Å². The van der Waals surface area contributed by atoms with Crippen LogP contribution in [0.2, 0.25) is 0 Å². The summed E-state index contributed by atoms with van der Waals surface area (Å²) in [5.41, 5.74) is 1.17. The SMILES string of the molecule is C=CCN(CC=C)c1cccc(C(=O)O)c1C(=O)c1ccccc1. The highest BCUT2D eigenvalue weighted by molar-refractivity contribution is 6.17. The van der Waals surface area contributed by atoms with Gasteiger partial charge in [-0.3, -0.25) is 4.79 Å². The molecule has 0 bridgehead atoms. The van der Waals surface area contributed by atoms with Crippen LogP contribution in [0.4, 0.5) is 5.69 Å². The van der Waals surface area contributed by atoms with Crippen molar-refractivity contribution in [1.29, 1.82) is 0 Å². The minimum absolute atomic E-state index is 0.0144. The van der Waals surface area contributed by atoms with Gasteiger partial charge in [0.25, 0.3) is 0 Å². The Labute approximate surface area is 141 Å². The zero-order valence-corrected chi connectivity index (χ0v) is 13.3. The van der Waals surface area contributed by atoms with Gasteiger partial charge in [-0.15, -0.1) is 13.2 Å². The van der Waals surface area contributed by atoms with Crippen LogP contribution in [0.25, 0.3) is 0 Å². The smallest absolute Gasteiger partial charge is 0.336 e. The van der Waals surface area contributed by atoms with Crippen LogP contribution >= 0.6 is 0 Å². The molecule has 0 spiro atoms. The zero-order chi connectivity index (χ0) is 17.5. The van der Waals surface area contributed by atoms with Crippen LogP contribution in [0.3, 0.4) is 0 Å². The largest absolute Gasteiger partial charge is 0.478 e. The third-order valence-electron chi connectivity index (χ3n) is 3.58. The predicted octanol–water partition coefficient (Wildman–Crippen LogP) is 3.79. The van der Waals surface area contributed by atoms with E-state index in [1.165, 1.54) is 6.07 Å². The van der Waals surface area contributed by atoms with Gasteiger partial charge in [0.15, 0.2) is 5.78 Å². The summed E-state index contributed by atoms with van der Waals surface area (Å²) in [5.74, 6) is -1.45. The second kappa shape index (κ2) is 7.92. The first-order valence-electron chi connectivity index (χ1n) is 7.53. The number of anilines is 1. The summed E-state index contributed by atoms with van der Waals surface area (Å²) in [6.07, 6.45) is 3.40. The minimum atomic E-state index is -1.13. The normalized spacial score (nSPS) is 10.0. The molecule has 4 heteroatoms. The summed E-state index contributed by atoms with van der Waals surface area (Å²) in [5, 5.41) is 9.52. The molecule has 2 aromatic rings. The highest BCUT2D eigenvalue weighted by Crippen LogP contribution is 2.27. The highest BCUT2D eigenvalue weighted by Gasteiger charge is 2.23. The molecular weight excluding hydrogens is 302 g/mol. The summed E-state index contributed by atoms with van der Waals surface area (Å²) in [6, 6.07) is 13.5. The van der Waals surface area contributed by atoms with Crippen LogP contribution in [0.1, 0.15) is 26.3 Å². The molecule has 0 saturated heterocycles. The Bertz CT molecular complexity index is 756. The first-order valence-corrected chi connectivity index (χ1v) is 7.53. The quantitative estimate of drug-likeness (QED) is 0.593. The molecule has 0 fully saturated rings. The molecule has 4 nitrogen and oxygen atoms in total.